The lowest BCUT2D eigenvalue weighted by Gasteiger charge is -2.18. The number of esters is 1. The molecule has 0 unspecified atom stereocenters. The number of amidine groups is 1. The molecule has 0 aromatic heterocycles. The number of nitrogens with zero attached hydrogens (tertiary/aromatic N) is 1. The molecule has 246 valence electrons. The SMILES string of the molecule is CCCc1c(OCCCOc2cc(OCc3ccccc3)c(/C([SH2+])=N/C(=N)Br)cc2CC)cccc1Oc1ccccc1C(=O)OC. The normalized spacial score (nSPS) is 11.1. The lowest BCUT2D eigenvalue weighted by Crippen LogP contribution is -2.10. The summed E-state index contributed by atoms with van der Waals surface area (Å²) in [5.74, 6) is 2.65. The zero-order valence-corrected chi connectivity index (χ0v) is 29.4. The first kappa shape index (κ1) is 35.6. The highest BCUT2D eigenvalue weighted by atomic mass is 79.9. The fourth-order valence-electron chi connectivity index (χ4n) is 4.86. The van der Waals surface area contributed by atoms with Gasteiger partial charge < -0.3 is 23.7 Å². The van der Waals surface area contributed by atoms with Gasteiger partial charge in [0, 0.05) is 30.7 Å². The molecule has 0 fully saturated rings. The lowest BCUT2D eigenvalue weighted by atomic mass is 10.1. The Morgan fingerprint density at radius 2 is 1.49 bits per heavy atom. The molecule has 0 aliphatic carbocycles. The summed E-state index contributed by atoms with van der Waals surface area (Å²) < 4.78 is 29.9. The van der Waals surface area contributed by atoms with E-state index in [1.807, 2.05) is 66.7 Å². The third-order valence-corrected chi connectivity index (χ3v) is 7.71. The average Bonchev–Trinajstić information content (AvgIpc) is 3.08. The quantitative estimate of drug-likeness (QED) is 0.0312. The lowest BCUT2D eigenvalue weighted by molar-refractivity contribution is 0.0598. The molecule has 0 bridgehead atoms. The van der Waals surface area contributed by atoms with Crippen LogP contribution in [0.2, 0.25) is 0 Å². The van der Waals surface area contributed by atoms with E-state index in [1.165, 1.54) is 7.11 Å². The summed E-state index contributed by atoms with van der Waals surface area (Å²) in [4.78, 5) is 16.5. The van der Waals surface area contributed by atoms with Gasteiger partial charge in [-0.3, -0.25) is 5.41 Å². The monoisotopic (exact) mass is 719 g/mol. The van der Waals surface area contributed by atoms with Gasteiger partial charge in [-0.2, -0.15) is 4.99 Å². The van der Waals surface area contributed by atoms with Gasteiger partial charge in [-0.25, -0.2) is 4.79 Å². The molecule has 0 heterocycles. The van der Waals surface area contributed by atoms with E-state index in [1.54, 1.807) is 18.2 Å². The summed E-state index contributed by atoms with van der Waals surface area (Å²) in [7, 11) is 1.35. The molecule has 8 nitrogen and oxygen atoms in total. The Kier molecular flexibility index (Phi) is 13.7. The minimum absolute atomic E-state index is 0.0000818. The van der Waals surface area contributed by atoms with Crippen molar-refractivity contribution in [3.05, 3.63) is 113 Å². The summed E-state index contributed by atoms with van der Waals surface area (Å²) in [5, 5.41) is 8.22. The van der Waals surface area contributed by atoms with Gasteiger partial charge in [0.15, 0.2) is 4.74 Å². The van der Waals surface area contributed by atoms with Crippen LogP contribution in [0.4, 0.5) is 0 Å². The second-order valence-corrected chi connectivity index (χ2v) is 11.7. The number of rotatable bonds is 16. The van der Waals surface area contributed by atoms with Crippen LogP contribution in [0.25, 0.3) is 0 Å². The average molecular weight is 721 g/mol. The number of hydrogen-bond donors (Lipinski definition) is 1. The standard InChI is InChI=1S/C37H39BrN2O6S/c1-4-13-27-30(18-11-19-31(27)46-32-17-10-9-16-28(32)36(41)42-3)43-20-12-21-44-33-23-34(45-24-25-14-7-6-8-15-25)29(22-26(33)5-2)35(47)40-37(38)39/h6-11,14-19,22-23H,4-5,12-13,20-21,24H2,1-3H3,(H2,39,40,47)/p+1. The molecule has 0 saturated heterocycles. The third-order valence-electron chi connectivity index (χ3n) is 7.15. The molecule has 0 saturated carbocycles. The Hall–Kier alpha value is -4.28. The maximum Gasteiger partial charge on any atom is 0.341 e. The Labute approximate surface area is 290 Å². The Morgan fingerprint density at radius 1 is 0.809 bits per heavy atom. The highest BCUT2D eigenvalue weighted by Crippen LogP contribution is 2.35. The van der Waals surface area contributed by atoms with E-state index in [9.17, 15) is 4.79 Å². The van der Waals surface area contributed by atoms with Gasteiger partial charge in [0.05, 0.1) is 25.9 Å². The Balaban J connectivity index is 1.45. The van der Waals surface area contributed by atoms with Gasteiger partial charge >= 0.3 is 5.97 Å². The van der Waals surface area contributed by atoms with Gasteiger partial charge in [0.1, 0.15) is 40.9 Å². The summed E-state index contributed by atoms with van der Waals surface area (Å²) in [6.07, 6.45) is 3.00. The van der Waals surface area contributed by atoms with E-state index in [-0.39, 0.29) is 4.74 Å². The molecule has 1 N–H and O–H groups in total. The fourth-order valence-corrected chi connectivity index (χ4v) is 5.51. The number of ether oxygens (including phenoxy) is 5. The first-order valence-corrected chi connectivity index (χ1v) is 16.7. The van der Waals surface area contributed by atoms with E-state index in [4.69, 9.17) is 29.1 Å². The molecule has 0 spiro atoms. The van der Waals surface area contributed by atoms with Crippen molar-refractivity contribution in [3.8, 4) is 28.7 Å². The van der Waals surface area contributed by atoms with Crippen LogP contribution in [0.1, 0.15) is 59.3 Å². The molecule has 0 amide bonds. The van der Waals surface area contributed by atoms with Crippen LogP contribution in [-0.2, 0) is 36.8 Å². The van der Waals surface area contributed by atoms with E-state index < -0.39 is 5.97 Å². The van der Waals surface area contributed by atoms with E-state index in [2.05, 4.69) is 47.4 Å². The summed E-state index contributed by atoms with van der Waals surface area (Å²) in [5.41, 5.74) is 4.04. The second-order valence-electron chi connectivity index (χ2n) is 10.5. The number of nitrogens with one attached hydrogen (secondary N) is 1. The van der Waals surface area contributed by atoms with Crippen molar-refractivity contribution in [2.45, 2.75) is 46.1 Å². The van der Waals surface area contributed by atoms with Crippen molar-refractivity contribution in [1.29, 1.82) is 5.41 Å². The Bertz CT molecular complexity index is 1700. The van der Waals surface area contributed by atoms with Crippen LogP contribution in [0.5, 0.6) is 28.7 Å². The number of methoxy groups -OCH3 is 1. The zero-order valence-electron chi connectivity index (χ0n) is 26.8. The first-order valence-electron chi connectivity index (χ1n) is 15.5. The van der Waals surface area contributed by atoms with Crippen molar-refractivity contribution >= 4 is 44.3 Å². The van der Waals surface area contributed by atoms with Crippen LogP contribution in [0.3, 0.4) is 0 Å². The van der Waals surface area contributed by atoms with Crippen LogP contribution < -0.4 is 18.9 Å². The van der Waals surface area contributed by atoms with Crippen molar-refractivity contribution in [1.82, 2.24) is 0 Å². The number of para-hydroxylation sites is 1. The molecule has 10 heteroatoms. The summed E-state index contributed by atoms with van der Waals surface area (Å²) >= 11 is 6.67. The maximum absolute atomic E-state index is 12.3. The van der Waals surface area contributed by atoms with Crippen molar-refractivity contribution in [2.24, 2.45) is 4.99 Å². The van der Waals surface area contributed by atoms with Crippen LogP contribution >= 0.6 is 15.9 Å². The molecule has 0 aliphatic heterocycles. The van der Waals surface area contributed by atoms with Gasteiger partial charge in [-0.1, -0.05) is 68.8 Å². The van der Waals surface area contributed by atoms with E-state index in [0.717, 1.165) is 53.0 Å². The van der Waals surface area contributed by atoms with Gasteiger partial charge in [0.25, 0.3) is 5.04 Å². The minimum atomic E-state index is -0.457. The highest BCUT2D eigenvalue weighted by Gasteiger charge is 2.19. The topological polar surface area (TPSA) is 99.4 Å². The largest absolute Gasteiger partial charge is 0.493 e. The number of aryl methyl sites for hydroxylation is 1. The molecule has 0 aliphatic rings. The molecule has 47 heavy (non-hydrogen) atoms. The van der Waals surface area contributed by atoms with Gasteiger partial charge in [-0.05, 0) is 70.2 Å². The van der Waals surface area contributed by atoms with Crippen LogP contribution in [0.15, 0.2) is 89.9 Å². The number of carbonyl (C=O) groups is 1. The van der Waals surface area contributed by atoms with E-state index >= 15 is 0 Å². The molecule has 0 radical (unpaired) electrons. The molecular weight excluding hydrogens is 680 g/mol. The van der Waals surface area contributed by atoms with Gasteiger partial charge in [0.2, 0.25) is 0 Å². The Morgan fingerprint density at radius 3 is 2.19 bits per heavy atom. The third kappa shape index (κ3) is 10.1. The molecular formula is C37H40BrN2O6S+. The smallest absolute Gasteiger partial charge is 0.341 e. The highest BCUT2D eigenvalue weighted by molar-refractivity contribution is 9.18. The number of aliphatic imine (C=N–C) groups is 1. The first-order chi connectivity index (χ1) is 22.8. The molecule has 4 aromatic carbocycles. The van der Waals surface area contributed by atoms with Gasteiger partial charge in [-0.15, -0.1) is 0 Å². The van der Waals surface area contributed by atoms with Crippen molar-refractivity contribution < 1.29 is 28.5 Å². The summed E-state index contributed by atoms with van der Waals surface area (Å²) in [6, 6.07) is 26.5. The number of halogens is 1. The maximum atomic E-state index is 12.3. The second kappa shape index (κ2) is 18.2. The van der Waals surface area contributed by atoms with Crippen LogP contribution in [-0.4, -0.2) is 36.1 Å². The van der Waals surface area contributed by atoms with Crippen molar-refractivity contribution in [2.75, 3.05) is 20.3 Å². The summed E-state index contributed by atoms with van der Waals surface area (Å²) in [6.45, 7) is 5.39. The predicted octanol–water partition coefficient (Wildman–Crippen LogP) is 8.30. The predicted molar refractivity (Wildman–Crippen MR) is 194 cm³/mol. The van der Waals surface area contributed by atoms with Crippen LogP contribution in [0, 0.1) is 5.41 Å². The van der Waals surface area contributed by atoms with Crippen molar-refractivity contribution in [3.63, 3.8) is 0 Å². The number of carbonyl (C=O) groups excluding carboxylic acids is 1. The minimum Gasteiger partial charge on any atom is -0.493 e. The molecule has 0 atom stereocenters. The number of benzene rings is 4. The molecule has 4 rings (SSSR count). The fraction of sp³-hybridized carbons (Fsp3) is 0.270. The zero-order chi connectivity index (χ0) is 33.6. The number of hydrogen-bond acceptors (Lipinski definition) is 7. The van der Waals surface area contributed by atoms with E-state index in [0.29, 0.717) is 54.1 Å². The molecule has 4 aromatic rings.